The average molecular weight is 296 g/mol. The van der Waals surface area contributed by atoms with Gasteiger partial charge >= 0.3 is 0 Å². The summed E-state index contributed by atoms with van der Waals surface area (Å²) in [7, 11) is 1.66. The van der Waals surface area contributed by atoms with Crippen LogP contribution in [0.4, 0.5) is 0 Å². The number of ketones is 1. The van der Waals surface area contributed by atoms with Crippen LogP contribution in [-0.2, 0) is 6.42 Å². The lowest BCUT2D eigenvalue weighted by atomic mass is 9.98. The van der Waals surface area contributed by atoms with Crippen molar-refractivity contribution >= 4 is 27.9 Å². The van der Waals surface area contributed by atoms with E-state index in [0.29, 0.717) is 6.42 Å². The molecule has 3 heteroatoms. The van der Waals surface area contributed by atoms with E-state index in [4.69, 9.17) is 4.74 Å². The summed E-state index contributed by atoms with van der Waals surface area (Å²) in [6.07, 6.45) is 0.419. The Hall–Kier alpha value is -2.13. The van der Waals surface area contributed by atoms with E-state index in [1.54, 1.807) is 18.4 Å². The first-order chi connectivity index (χ1) is 10.2. The van der Waals surface area contributed by atoms with Crippen LogP contribution in [0, 0.1) is 6.92 Å². The number of carbonyl (C=O) groups is 1. The standard InChI is InChI=1S/C18H16O2S/c1-12-16(8-9-21-12)18(19)10-14-5-3-4-13-6-7-15(20-2)11-17(13)14/h3-9,11H,10H2,1-2H3. The van der Waals surface area contributed by atoms with Crippen LogP contribution in [0.15, 0.2) is 47.8 Å². The van der Waals surface area contributed by atoms with Crippen molar-refractivity contribution in [2.24, 2.45) is 0 Å². The fraction of sp³-hybridized carbons (Fsp3) is 0.167. The molecule has 2 nitrogen and oxygen atoms in total. The number of thiophene rings is 1. The molecule has 0 aliphatic rings. The Bertz CT molecular complexity index is 802. The van der Waals surface area contributed by atoms with Crippen LogP contribution < -0.4 is 4.74 Å². The molecule has 1 aromatic heterocycles. The SMILES string of the molecule is COc1ccc2cccc(CC(=O)c3ccsc3C)c2c1. The van der Waals surface area contributed by atoms with Crippen LogP contribution in [0.25, 0.3) is 10.8 Å². The summed E-state index contributed by atoms with van der Waals surface area (Å²) in [5.74, 6) is 0.984. The normalized spacial score (nSPS) is 10.8. The largest absolute Gasteiger partial charge is 0.497 e. The summed E-state index contributed by atoms with van der Waals surface area (Å²) in [6, 6.07) is 13.9. The Morgan fingerprint density at radius 2 is 2.05 bits per heavy atom. The highest BCUT2D eigenvalue weighted by Gasteiger charge is 2.12. The fourth-order valence-electron chi connectivity index (χ4n) is 2.54. The second-order valence-electron chi connectivity index (χ2n) is 4.99. The first-order valence-electron chi connectivity index (χ1n) is 6.82. The minimum Gasteiger partial charge on any atom is -0.497 e. The average Bonchev–Trinajstić information content (AvgIpc) is 2.93. The molecule has 0 fully saturated rings. The molecule has 0 unspecified atom stereocenters. The van der Waals surface area contributed by atoms with Gasteiger partial charge in [0.1, 0.15) is 5.75 Å². The van der Waals surface area contributed by atoms with Crippen molar-refractivity contribution in [3.63, 3.8) is 0 Å². The molecule has 0 saturated carbocycles. The van der Waals surface area contributed by atoms with Crippen LogP contribution in [0.5, 0.6) is 5.75 Å². The van der Waals surface area contributed by atoms with Gasteiger partial charge in [0, 0.05) is 16.9 Å². The number of Topliss-reactive ketones (excluding diaryl/α,β-unsaturated/α-hetero) is 1. The van der Waals surface area contributed by atoms with E-state index in [1.165, 1.54) is 0 Å². The molecule has 106 valence electrons. The maximum Gasteiger partial charge on any atom is 0.168 e. The Morgan fingerprint density at radius 3 is 2.76 bits per heavy atom. The van der Waals surface area contributed by atoms with Gasteiger partial charge in [-0.25, -0.2) is 0 Å². The van der Waals surface area contributed by atoms with E-state index in [0.717, 1.165) is 32.5 Å². The molecule has 0 amide bonds. The third kappa shape index (κ3) is 2.69. The van der Waals surface area contributed by atoms with Gasteiger partial charge in [0.15, 0.2) is 5.78 Å². The molecule has 0 saturated heterocycles. The van der Waals surface area contributed by atoms with E-state index >= 15 is 0 Å². The Morgan fingerprint density at radius 1 is 1.19 bits per heavy atom. The third-order valence-electron chi connectivity index (χ3n) is 3.69. The first kappa shape index (κ1) is 13.8. The molecule has 0 spiro atoms. The van der Waals surface area contributed by atoms with Gasteiger partial charge in [-0.05, 0) is 46.8 Å². The summed E-state index contributed by atoms with van der Waals surface area (Å²) in [6.45, 7) is 1.99. The lowest BCUT2D eigenvalue weighted by Gasteiger charge is -2.08. The number of hydrogen-bond donors (Lipinski definition) is 0. The number of fused-ring (bicyclic) bond motifs is 1. The van der Waals surface area contributed by atoms with Gasteiger partial charge in [0.25, 0.3) is 0 Å². The number of methoxy groups -OCH3 is 1. The summed E-state index contributed by atoms with van der Waals surface area (Å²) >= 11 is 1.61. The number of aryl methyl sites for hydroxylation is 1. The predicted octanol–water partition coefficient (Wildman–Crippen LogP) is 4.64. The zero-order chi connectivity index (χ0) is 14.8. The topological polar surface area (TPSA) is 26.3 Å². The van der Waals surface area contributed by atoms with Crippen LogP contribution in [0.3, 0.4) is 0 Å². The number of ether oxygens (including phenoxy) is 1. The van der Waals surface area contributed by atoms with Crippen molar-refractivity contribution in [3.05, 3.63) is 63.8 Å². The van der Waals surface area contributed by atoms with Gasteiger partial charge in [-0.1, -0.05) is 24.3 Å². The molecular weight excluding hydrogens is 280 g/mol. The zero-order valence-corrected chi connectivity index (χ0v) is 12.9. The molecule has 0 bridgehead atoms. The molecular formula is C18H16O2S. The van der Waals surface area contributed by atoms with Crippen LogP contribution in [-0.4, -0.2) is 12.9 Å². The number of benzene rings is 2. The molecule has 21 heavy (non-hydrogen) atoms. The molecule has 0 aliphatic carbocycles. The highest BCUT2D eigenvalue weighted by molar-refractivity contribution is 7.10. The smallest absolute Gasteiger partial charge is 0.168 e. The van der Waals surface area contributed by atoms with Crippen molar-refractivity contribution in [3.8, 4) is 5.75 Å². The van der Waals surface area contributed by atoms with Crippen LogP contribution >= 0.6 is 11.3 Å². The van der Waals surface area contributed by atoms with Crippen molar-refractivity contribution in [1.82, 2.24) is 0 Å². The van der Waals surface area contributed by atoms with Crippen LogP contribution in [0.1, 0.15) is 20.8 Å². The van der Waals surface area contributed by atoms with Crippen LogP contribution in [0.2, 0.25) is 0 Å². The first-order valence-corrected chi connectivity index (χ1v) is 7.70. The maximum absolute atomic E-state index is 12.5. The Balaban J connectivity index is 2.00. The second kappa shape index (κ2) is 5.70. The third-order valence-corrected chi connectivity index (χ3v) is 4.54. The van der Waals surface area contributed by atoms with E-state index in [9.17, 15) is 4.79 Å². The molecule has 0 atom stereocenters. The molecule has 3 aromatic rings. The van der Waals surface area contributed by atoms with Gasteiger partial charge < -0.3 is 4.74 Å². The van der Waals surface area contributed by atoms with Gasteiger partial charge in [0.2, 0.25) is 0 Å². The summed E-state index contributed by atoms with van der Waals surface area (Å²) in [4.78, 5) is 13.6. The molecule has 3 rings (SSSR count). The number of hydrogen-bond acceptors (Lipinski definition) is 3. The molecule has 1 heterocycles. The quantitative estimate of drug-likeness (QED) is 0.655. The highest BCUT2D eigenvalue weighted by atomic mass is 32.1. The fourth-order valence-corrected chi connectivity index (χ4v) is 3.26. The predicted molar refractivity (Wildman–Crippen MR) is 87.6 cm³/mol. The lowest BCUT2D eigenvalue weighted by Crippen LogP contribution is -2.04. The number of carbonyl (C=O) groups excluding carboxylic acids is 1. The second-order valence-corrected chi connectivity index (χ2v) is 6.11. The molecule has 0 radical (unpaired) electrons. The number of rotatable bonds is 4. The van der Waals surface area contributed by atoms with E-state index < -0.39 is 0 Å². The van der Waals surface area contributed by atoms with Crippen molar-refractivity contribution in [1.29, 1.82) is 0 Å². The highest BCUT2D eigenvalue weighted by Crippen LogP contribution is 2.26. The summed E-state index contributed by atoms with van der Waals surface area (Å²) in [5, 5.41) is 4.18. The molecule has 0 N–H and O–H groups in total. The Labute approximate surface area is 128 Å². The summed E-state index contributed by atoms with van der Waals surface area (Å²) < 4.78 is 5.29. The zero-order valence-electron chi connectivity index (χ0n) is 12.1. The minimum atomic E-state index is 0.170. The van der Waals surface area contributed by atoms with Crippen molar-refractivity contribution in [2.45, 2.75) is 13.3 Å². The van der Waals surface area contributed by atoms with E-state index in [2.05, 4.69) is 6.07 Å². The monoisotopic (exact) mass is 296 g/mol. The molecule has 2 aromatic carbocycles. The summed E-state index contributed by atoms with van der Waals surface area (Å²) in [5.41, 5.74) is 1.88. The van der Waals surface area contributed by atoms with Gasteiger partial charge in [-0.2, -0.15) is 0 Å². The van der Waals surface area contributed by atoms with Gasteiger partial charge in [-0.15, -0.1) is 11.3 Å². The van der Waals surface area contributed by atoms with Crippen molar-refractivity contribution < 1.29 is 9.53 Å². The minimum absolute atomic E-state index is 0.170. The van der Waals surface area contributed by atoms with Gasteiger partial charge in [-0.3, -0.25) is 4.79 Å². The van der Waals surface area contributed by atoms with Crippen molar-refractivity contribution in [2.75, 3.05) is 7.11 Å². The van der Waals surface area contributed by atoms with E-state index in [1.807, 2.05) is 48.7 Å². The lowest BCUT2D eigenvalue weighted by molar-refractivity contribution is 0.0993. The maximum atomic E-state index is 12.5. The van der Waals surface area contributed by atoms with E-state index in [-0.39, 0.29) is 5.78 Å². The molecule has 0 aliphatic heterocycles. The Kier molecular flexibility index (Phi) is 3.76. The van der Waals surface area contributed by atoms with Gasteiger partial charge in [0.05, 0.1) is 7.11 Å².